The van der Waals surface area contributed by atoms with Crippen LogP contribution in [-0.4, -0.2) is 40.9 Å². The maximum Gasteiger partial charge on any atom is 0.407 e. The third-order valence-corrected chi connectivity index (χ3v) is 6.13. The molecule has 1 aliphatic rings. The Labute approximate surface area is 197 Å². The summed E-state index contributed by atoms with van der Waals surface area (Å²) in [5.74, 6) is -3.57. The predicted molar refractivity (Wildman–Crippen MR) is 126 cm³/mol. The molecule has 1 amide bonds. The van der Waals surface area contributed by atoms with Crippen molar-refractivity contribution in [2.75, 3.05) is 6.61 Å². The van der Waals surface area contributed by atoms with Crippen LogP contribution < -0.4 is 5.32 Å². The van der Waals surface area contributed by atoms with Gasteiger partial charge >= 0.3 is 18.0 Å². The summed E-state index contributed by atoms with van der Waals surface area (Å²) >= 11 is 0. The van der Waals surface area contributed by atoms with Crippen LogP contribution in [0.2, 0.25) is 0 Å². The summed E-state index contributed by atoms with van der Waals surface area (Å²) in [6.07, 6.45) is -0.992. The van der Waals surface area contributed by atoms with Crippen molar-refractivity contribution in [1.82, 2.24) is 5.32 Å². The van der Waals surface area contributed by atoms with Gasteiger partial charge in [-0.05, 0) is 40.7 Å². The SMILES string of the molecule is O=C(N[C@@H](C[C@H](Cc1ccccc1)C(=O)O)C(=O)O)OCC1c2ccccc2-c2ccccc21. The molecule has 0 heterocycles. The standard InChI is InChI=1S/C27H25NO6/c29-25(30)18(14-17-8-2-1-3-9-17)15-24(26(31)32)28-27(33)34-16-23-21-12-6-4-10-19(21)20-11-5-7-13-22(20)23/h1-13,18,23-24H,14-16H2,(H,28,33)(H,29,30)(H,31,32)/t18-,24-/m0/s1. The van der Waals surface area contributed by atoms with Crippen LogP contribution in [0.5, 0.6) is 0 Å². The van der Waals surface area contributed by atoms with Crippen LogP contribution in [0, 0.1) is 5.92 Å². The lowest BCUT2D eigenvalue weighted by atomic mass is 9.93. The Balaban J connectivity index is 1.41. The van der Waals surface area contributed by atoms with Gasteiger partial charge in [0.05, 0.1) is 5.92 Å². The number of carboxylic acid groups (broad SMARTS) is 2. The van der Waals surface area contributed by atoms with E-state index in [1.807, 2.05) is 54.6 Å². The zero-order valence-electron chi connectivity index (χ0n) is 18.4. The van der Waals surface area contributed by atoms with Crippen molar-refractivity contribution in [2.45, 2.75) is 24.8 Å². The average molecular weight is 459 g/mol. The molecule has 7 nitrogen and oxygen atoms in total. The van der Waals surface area contributed by atoms with Crippen LogP contribution in [0.3, 0.4) is 0 Å². The van der Waals surface area contributed by atoms with Crippen molar-refractivity contribution in [1.29, 1.82) is 0 Å². The molecule has 3 aromatic carbocycles. The minimum absolute atomic E-state index is 0.0403. The minimum Gasteiger partial charge on any atom is -0.481 e. The van der Waals surface area contributed by atoms with E-state index in [0.717, 1.165) is 27.8 Å². The largest absolute Gasteiger partial charge is 0.481 e. The van der Waals surface area contributed by atoms with Crippen molar-refractivity contribution in [3.05, 3.63) is 95.6 Å². The van der Waals surface area contributed by atoms with Gasteiger partial charge in [0.15, 0.2) is 0 Å². The first-order valence-corrected chi connectivity index (χ1v) is 11.0. The van der Waals surface area contributed by atoms with E-state index < -0.39 is 30.0 Å². The summed E-state index contributed by atoms with van der Waals surface area (Å²) in [4.78, 5) is 36.0. The van der Waals surface area contributed by atoms with Gasteiger partial charge in [-0.3, -0.25) is 4.79 Å². The van der Waals surface area contributed by atoms with E-state index in [0.29, 0.717) is 0 Å². The van der Waals surface area contributed by atoms with Crippen LogP contribution in [0.25, 0.3) is 11.1 Å². The summed E-state index contributed by atoms with van der Waals surface area (Å²) in [6, 6.07) is 23.4. The van der Waals surface area contributed by atoms with Crippen LogP contribution in [-0.2, 0) is 20.7 Å². The molecule has 0 spiro atoms. The number of ether oxygens (including phenoxy) is 1. The Morgan fingerprint density at radius 3 is 1.91 bits per heavy atom. The molecule has 0 aliphatic heterocycles. The highest BCUT2D eigenvalue weighted by molar-refractivity contribution is 5.82. The second-order valence-corrected chi connectivity index (χ2v) is 8.32. The van der Waals surface area contributed by atoms with Crippen LogP contribution >= 0.6 is 0 Å². The van der Waals surface area contributed by atoms with E-state index in [9.17, 15) is 24.6 Å². The molecule has 1 aliphatic carbocycles. The van der Waals surface area contributed by atoms with Crippen LogP contribution in [0.1, 0.15) is 29.0 Å². The molecule has 0 saturated carbocycles. The zero-order chi connectivity index (χ0) is 24.1. The molecule has 2 atom stereocenters. The van der Waals surface area contributed by atoms with Gasteiger partial charge in [-0.2, -0.15) is 0 Å². The molecular formula is C27H25NO6. The summed E-state index contributed by atoms with van der Waals surface area (Å²) in [7, 11) is 0. The number of benzene rings is 3. The summed E-state index contributed by atoms with van der Waals surface area (Å²) in [6.45, 7) is 0.0403. The number of carboxylic acids is 2. The van der Waals surface area contributed by atoms with Gasteiger partial charge in [0, 0.05) is 5.92 Å². The molecule has 7 heteroatoms. The Hall–Kier alpha value is -4.13. The molecule has 0 radical (unpaired) electrons. The fourth-order valence-corrected chi connectivity index (χ4v) is 4.46. The number of rotatable bonds is 9. The van der Waals surface area contributed by atoms with Gasteiger partial charge in [-0.1, -0.05) is 78.9 Å². The first kappa shape index (κ1) is 23.0. The topological polar surface area (TPSA) is 113 Å². The molecule has 4 rings (SSSR count). The lowest BCUT2D eigenvalue weighted by molar-refractivity contribution is -0.144. The first-order valence-electron chi connectivity index (χ1n) is 11.0. The zero-order valence-corrected chi connectivity index (χ0v) is 18.4. The number of carbonyl (C=O) groups is 3. The molecule has 3 N–H and O–H groups in total. The van der Waals surface area contributed by atoms with Gasteiger partial charge in [0.25, 0.3) is 0 Å². The molecule has 0 bridgehead atoms. The summed E-state index contributed by atoms with van der Waals surface area (Å²) < 4.78 is 5.42. The van der Waals surface area contributed by atoms with Crippen molar-refractivity contribution < 1.29 is 29.3 Å². The van der Waals surface area contributed by atoms with E-state index in [2.05, 4.69) is 5.32 Å². The highest BCUT2D eigenvalue weighted by Gasteiger charge is 2.31. The summed E-state index contributed by atoms with van der Waals surface area (Å²) in [5, 5.41) is 21.5. The Kier molecular flexibility index (Phi) is 6.92. The second kappa shape index (κ2) is 10.2. The number of hydrogen-bond acceptors (Lipinski definition) is 4. The van der Waals surface area contributed by atoms with Gasteiger partial charge < -0.3 is 20.3 Å². The van der Waals surface area contributed by atoms with E-state index in [4.69, 9.17) is 4.74 Å². The lowest BCUT2D eigenvalue weighted by Gasteiger charge is -2.20. The fraction of sp³-hybridized carbons (Fsp3) is 0.222. The predicted octanol–water partition coefficient (Wildman–Crippen LogP) is 4.31. The number of carbonyl (C=O) groups excluding carboxylic acids is 1. The first-order chi connectivity index (χ1) is 16.4. The quantitative estimate of drug-likeness (QED) is 0.439. The molecule has 0 fully saturated rings. The molecule has 34 heavy (non-hydrogen) atoms. The van der Waals surface area contributed by atoms with E-state index in [-0.39, 0.29) is 25.4 Å². The Morgan fingerprint density at radius 2 is 1.35 bits per heavy atom. The maximum atomic E-state index is 12.5. The third kappa shape index (κ3) is 5.09. The maximum absolute atomic E-state index is 12.5. The Morgan fingerprint density at radius 1 is 0.794 bits per heavy atom. The fourth-order valence-electron chi connectivity index (χ4n) is 4.46. The number of alkyl carbamates (subject to hydrolysis) is 1. The Bertz CT molecular complexity index is 1150. The van der Waals surface area contributed by atoms with Crippen molar-refractivity contribution >= 4 is 18.0 Å². The molecule has 3 aromatic rings. The van der Waals surface area contributed by atoms with Gasteiger partial charge in [-0.25, -0.2) is 9.59 Å². The van der Waals surface area contributed by atoms with E-state index in [1.165, 1.54) is 0 Å². The molecular weight excluding hydrogens is 434 g/mol. The van der Waals surface area contributed by atoms with Crippen molar-refractivity contribution in [2.24, 2.45) is 5.92 Å². The smallest absolute Gasteiger partial charge is 0.407 e. The highest BCUT2D eigenvalue weighted by atomic mass is 16.5. The third-order valence-electron chi connectivity index (χ3n) is 6.13. The van der Waals surface area contributed by atoms with E-state index >= 15 is 0 Å². The highest BCUT2D eigenvalue weighted by Crippen LogP contribution is 2.44. The van der Waals surface area contributed by atoms with Gasteiger partial charge in [0.2, 0.25) is 0 Å². The van der Waals surface area contributed by atoms with Crippen LogP contribution in [0.15, 0.2) is 78.9 Å². The molecule has 0 aromatic heterocycles. The number of aliphatic carboxylic acids is 2. The number of fused-ring (bicyclic) bond motifs is 3. The second-order valence-electron chi connectivity index (χ2n) is 8.32. The van der Waals surface area contributed by atoms with Gasteiger partial charge in [-0.15, -0.1) is 0 Å². The van der Waals surface area contributed by atoms with Crippen molar-refractivity contribution in [3.63, 3.8) is 0 Å². The normalized spacial score (nSPS) is 13.9. The lowest BCUT2D eigenvalue weighted by Crippen LogP contribution is -2.43. The molecule has 0 saturated heterocycles. The van der Waals surface area contributed by atoms with Crippen LogP contribution in [0.4, 0.5) is 4.79 Å². The minimum atomic E-state index is -1.39. The number of amides is 1. The van der Waals surface area contributed by atoms with E-state index in [1.54, 1.807) is 24.3 Å². The monoisotopic (exact) mass is 459 g/mol. The summed E-state index contributed by atoms with van der Waals surface area (Å²) in [5.41, 5.74) is 5.03. The van der Waals surface area contributed by atoms with Crippen molar-refractivity contribution in [3.8, 4) is 11.1 Å². The number of hydrogen-bond donors (Lipinski definition) is 3. The van der Waals surface area contributed by atoms with Gasteiger partial charge in [0.1, 0.15) is 12.6 Å². The molecule has 0 unspecified atom stereocenters. The molecule has 174 valence electrons. The average Bonchev–Trinajstić information content (AvgIpc) is 3.16. The number of nitrogens with one attached hydrogen (secondary N) is 1.